The third-order valence-electron chi connectivity index (χ3n) is 5.11. The number of hydrogen-bond acceptors (Lipinski definition) is 5. The summed E-state index contributed by atoms with van der Waals surface area (Å²) in [5.74, 6) is 0.0290. The van der Waals surface area contributed by atoms with Crippen LogP contribution in [0, 0.1) is 6.92 Å². The highest BCUT2D eigenvalue weighted by atomic mass is 32.2. The van der Waals surface area contributed by atoms with Gasteiger partial charge in [-0.1, -0.05) is 31.4 Å². The normalized spacial score (nSPS) is 18.6. The fraction of sp³-hybridized carbons (Fsp3) is 0.421. The molecule has 0 N–H and O–H groups in total. The lowest BCUT2D eigenvalue weighted by Crippen LogP contribution is -2.50. The van der Waals surface area contributed by atoms with Crippen LogP contribution < -0.4 is 4.90 Å². The maximum atomic E-state index is 12.7. The lowest BCUT2D eigenvalue weighted by molar-refractivity contribution is 0.135. The van der Waals surface area contributed by atoms with Gasteiger partial charge in [0.25, 0.3) is 0 Å². The molecule has 0 saturated carbocycles. The minimum absolute atomic E-state index is 0.0290. The first kappa shape index (κ1) is 19.4. The molecule has 0 unspecified atom stereocenters. The van der Waals surface area contributed by atoms with Crippen molar-refractivity contribution >= 4 is 21.8 Å². The van der Waals surface area contributed by atoms with E-state index in [9.17, 15) is 13.2 Å². The first-order chi connectivity index (χ1) is 12.8. The number of rotatable bonds is 5. The zero-order chi connectivity index (χ0) is 19.8. The molecule has 1 amide bonds. The first-order valence-corrected chi connectivity index (χ1v) is 10.2. The number of piperidine rings is 1. The molecule has 3 rings (SSSR count). The highest BCUT2D eigenvalue weighted by Crippen LogP contribution is 2.35. The van der Waals surface area contributed by atoms with Gasteiger partial charge >= 0.3 is 6.09 Å². The molecule has 1 aromatic rings. The second-order valence-corrected chi connectivity index (χ2v) is 8.65. The average molecular weight is 392 g/mol. The number of anilines is 1. The molecule has 0 radical (unpaired) electrons. The number of fused-ring (bicyclic) bond motifs is 1. The van der Waals surface area contributed by atoms with Gasteiger partial charge in [-0.2, -0.15) is 4.31 Å². The molecule has 27 heavy (non-hydrogen) atoms. The van der Waals surface area contributed by atoms with Gasteiger partial charge in [-0.05, 0) is 25.3 Å². The molecular weight excluding hydrogens is 368 g/mol. The van der Waals surface area contributed by atoms with E-state index in [4.69, 9.17) is 9.47 Å². The molecule has 7 nitrogen and oxygen atoms in total. The van der Waals surface area contributed by atoms with E-state index in [0.717, 1.165) is 16.8 Å². The van der Waals surface area contributed by atoms with Gasteiger partial charge in [-0.25, -0.2) is 13.2 Å². The number of carbonyl (C=O) groups is 1. The van der Waals surface area contributed by atoms with E-state index in [-0.39, 0.29) is 42.5 Å². The Morgan fingerprint density at radius 3 is 2.56 bits per heavy atom. The number of methoxy groups -OCH3 is 1. The minimum atomic E-state index is -3.73. The van der Waals surface area contributed by atoms with Crippen LogP contribution >= 0.6 is 0 Å². The molecule has 0 bridgehead atoms. The molecule has 0 aromatic heterocycles. The van der Waals surface area contributed by atoms with Crippen molar-refractivity contribution in [2.24, 2.45) is 0 Å². The number of carbonyl (C=O) groups excluding carboxylic acids is 1. The fourth-order valence-corrected chi connectivity index (χ4v) is 4.94. The SMILES string of the molecule is C=C(OC)C(=C)S(=O)(=O)N1CCC(N2C(=O)OCc3cccc(C)c32)CC1. The van der Waals surface area contributed by atoms with Crippen molar-refractivity contribution in [2.75, 3.05) is 25.1 Å². The quantitative estimate of drug-likeness (QED) is 0.569. The second-order valence-electron chi connectivity index (χ2n) is 6.69. The highest BCUT2D eigenvalue weighted by Gasteiger charge is 2.38. The van der Waals surface area contributed by atoms with Crippen LogP contribution in [-0.4, -0.2) is 45.1 Å². The van der Waals surface area contributed by atoms with Crippen LogP contribution in [0.4, 0.5) is 10.5 Å². The Morgan fingerprint density at radius 2 is 1.93 bits per heavy atom. The number of benzene rings is 1. The van der Waals surface area contributed by atoms with Crippen molar-refractivity contribution in [3.8, 4) is 0 Å². The Balaban J connectivity index is 1.78. The molecule has 1 fully saturated rings. The second kappa shape index (κ2) is 7.36. The number of sulfonamides is 1. The van der Waals surface area contributed by atoms with E-state index in [1.807, 2.05) is 25.1 Å². The van der Waals surface area contributed by atoms with Gasteiger partial charge in [-0.3, -0.25) is 4.90 Å². The molecule has 1 aromatic carbocycles. The largest absolute Gasteiger partial charge is 0.496 e. The van der Waals surface area contributed by atoms with E-state index in [1.54, 1.807) is 4.90 Å². The summed E-state index contributed by atoms with van der Waals surface area (Å²) < 4.78 is 36.9. The number of nitrogens with zero attached hydrogens (tertiary/aromatic N) is 2. The number of para-hydroxylation sites is 1. The van der Waals surface area contributed by atoms with E-state index < -0.39 is 10.0 Å². The number of aryl methyl sites for hydroxylation is 1. The summed E-state index contributed by atoms with van der Waals surface area (Å²) in [6, 6.07) is 5.73. The number of hydrogen-bond donors (Lipinski definition) is 0. The third-order valence-corrected chi connectivity index (χ3v) is 7.00. The number of ether oxygens (including phenoxy) is 2. The van der Waals surface area contributed by atoms with E-state index in [0.29, 0.717) is 12.8 Å². The first-order valence-electron chi connectivity index (χ1n) is 8.74. The van der Waals surface area contributed by atoms with Gasteiger partial charge in [-0.15, -0.1) is 0 Å². The van der Waals surface area contributed by atoms with Gasteiger partial charge in [0.15, 0.2) is 0 Å². The standard InChI is InChI=1S/C19H24N2O5S/c1-13-6-5-7-16-12-26-19(22)21(18(13)16)17-8-10-20(11-9-17)27(23,24)15(3)14(2)25-4/h5-7,17H,2-3,8-12H2,1,4H3. The summed E-state index contributed by atoms with van der Waals surface area (Å²) >= 11 is 0. The molecule has 0 atom stereocenters. The molecule has 146 valence electrons. The molecular formula is C19H24N2O5S. The summed E-state index contributed by atoms with van der Waals surface area (Å²) in [5, 5.41) is 0. The lowest BCUT2D eigenvalue weighted by atomic mass is 10.00. The summed E-state index contributed by atoms with van der Waals surface area (Å²) in [6.07, 6.45) is 0.638. The molecule has 1 saturated heterocycles. The van der Waals surface area contributed by atoms with Crippen molar-refractivity contribution in [2.45, 2.75) is 32.4 Å². The van der Waals surface area contributed by atoms with Crippen LogP contribution in [-0.2, 0) is 26.1 Å². The Bertz CT molecular complexity index is 885. The lowest BCUT2D eigenvalue weighted by Gasteiger charge is -2.40. The summed E-state index contributed by atoms with van der Waals surface area (Å²) in [4.78, 5) is 14.0. The Hall–Kier alpha value is -2.32. The van der Waals surface area contributed by atoms with Crippen molar-refractivity contribution in [3.63, 3.8) is 0 Å². The monoisotopic (exact) mass is 392 g/mol. The average Bonchev–Trinajstić information content (AvgIpc) is 2.67. The van der Waals surface area contributed by atoms with Gasteiger partial charge in [0.1, 0.15) is 17.3 Å². The third kappa shape index (κ3) is 3.46. The van der Waals surface area contributed by atoms with Crippen LogP contribution in [0.15, 0.2) is 42.0 Å². The maximum absolute atomic E-state index is 12.7. The smallest absolute Gasteiger partial charge is 0.414 e. The topological polar surface area (TPSA) is 76.2 Å². The molecule has 0 aliphatic carbocycles. The molecule has 8 heteroatoms. The Morgan fingerprint density at radius 1 is 1.26 bits per heavy atom. The zero-order valence-electron chi connectivity index (χ0n) is 15.6. The van der Waals surface area contributed by atoms with E-state index in [1.165, 1.54) is 11.4 Å². The Labute approximate surface area is 159 Å². The van der Waals surface area contributed by atoms with Gasteiger partial charge < -0.3 is 9.47 Å². The van der Waals surface area contributed by atoms with Crippen LogP contribution in [0.5, 0.6) is 0 Å². The van der Waals surface area contributed by atoms with E-state index in [2.05, 4.69) is 13.2 Å². The number of amides is 1. The summed E-state index contributed by atoms with van der Waals surface area (Å²) in [5.41, 5.74) is 2.85. The van der Waals surface area contributed by atoms with Gasteiger partial charge in [0, 0.05) is 24.7 Å². The maximum Gasteiger partial charge on any atom is 0.414 e. The van der Waals surface area contributed by atoms with Crippen molar-refractivity contribution in [1.29, 1.82) is 0 Å². The predicted molar refractivity (Wildman–Crippen MR) is 103 cm³/mol. The van der Waals surface area contributed by atoms with Crippen LogP contribution in [0.2, 0.25) is 0 Å². The van der Waals surface area contributed by atoms with Crippen LogP contribution in [0.3, 0.4) is 0 Å². The fourth-order valence-electron chi connectivity index (χ4n) is 3.57. The van der Waals surface area contributed by atoms with Crippen molar-refractivity contribution < 1.29 is 22.7 Å². The summed E-state index contributed by atoms with van der Waals surface area (Å²) in [7, 11) is -2.37. The molecule has 2 aliphatic rings. The Kier molecular flexibility index (Phi) is 5.30. The van der Waals surface area contributed by atoms with Crippen molar-refractivity contribution in [3.05, 3.63) is 53.1 Å². The van der Waals surface area contributed by atoms with Crippen molar-refractivity contribution in [1.82, 2.24) is 4.31 Å². The minimum Gasteiger partial charge on any atom is -0.496 e. The summed E-state index contributed by atoms with van der Waals surface area (Å²) in [6.45, 7) is 9.96. The van der Waals surface area contributed by atoms with Crippen LogP contribution in [0.25, 0.3) is 0 Å². The van der Waals surface area contributed by atoms with Crippen LogP contribution in [0.1, 0.15) is 24.0 Å². The van der Waals surface area contributed by atoms with E-state index >= 15 is 0 Å². The van der Waals surface area contributed by atoms with Gasteiger partial charge in [0.2, 0.25) is 10.0 Å². The molecule has 0 spiro atoms. The highest BCUT2D eigenvalue weighted by molar-refractivity contribution is 7.93. The molecule has 2 aliphatic heterocycles. The zero-order valence-corrected chi connectivity index (χ0v) is 16.4. The molecule has 2 heterocycles. The predicted octanol–water partition coefficient (Wildman–Crippen LogP) is 2.92. The number of cyclic esters (lactones) is 1. The van der Waals surface area contributed by atoms with Gasteiger partial charge in [0.05, 0.1) is 12.8 Å².